The molecule has 0 bridgehead atoms. The highest BCUT2D eigenvalue weighted by Crippen LogP contribution is 2.33. The molecule has 1 atom stereocenters. The summed E-state index contributed by atoms with van der Waals surface area (Å²) in [5, 5.41) is 32.9. The van der Waals surface area contributed by atoms with Crippen LogP contribution in [0.25, 0.3) is 0 Å². The minimum absolute atomic E-state index is 0.0278. The molecule has 0 aliphatic carbocycles. The number of hydrogen-bond acceptors (Lipinski definition) is 12. The Labute approximate surface area is 174 Å². The van der Waals surface area contributed by atoms with Gasteiger partial charge in [-0.3, -0.25) is 25.0 Å². The van der Waals surface area contributed by atoms with Gasteiger partial charge in [0.2, 0.25) is 5.75 Å². The second kappa shape index (κ2) is 9.67. The minimum Gasteiger partial charge on any atom is -0.466 e. The third kappa shape index (κ3) is 4.82. The summed E-state index contributed by atoms with van der Waals surface area (Å²) in [7, 11) is 0. The van der Waals surface area contributed by atoms with E-state index in [2.05, 4.69) is 4.99 Å². The van der Waals surface area contributed by atoms with Gasteiger partial charge in [-0.2, -0.15) is 5.26 Å². The van der Waals surface area contributed by atoms with E-state index in [1.165, 1.54) is 6.07 Å². The maximum absolute atomic E-state index is 11.9. The molecule has 1 aliphatic rings. The SMILES string of the molecule is CCOC(=O)CC1=NC(SC)N(N)C(Oc2cc(C#N)ccc2[N+](=O)[O-])=C1[N+](=O)[O-]. The van der Waals surface area contributed by atoms with E-state index < -0.39 is 50.8 Å². The number of nitrogens with zero attached hydrogens (tertiary/aromatic N) is 5. The van der Waals surface area contributed by atoms with Crippen LogP contribution >= 0.6 is 11.8 Å². The summed E-state index contributed by atoms with van der Waals surface area (Å²) in [5.74, 6) is 4.18. The molecule has 0 radical (unpaired) electrons. The molecular weight excluding hydrogens is 420 g/mol. The zero-order valence-electron chi connectivity index (χ0n) is 15.8. The second-order valence-electron chi connectivity index (χ2n) is 5.59. The average Bonchev–Trinajstić information content (AvgIpc) is 2.69. The number of esters is 1. The van der Waals surface area contributed by atoms with Crippen molar-refractivity contribution in [2.45, 2.75) is 18.8 Å². The summed E-state index contributed by atoms with van der Waals surface area (Å²) >= 11 is 1.08. The Balaban J connectivity index is 2.62. The van der Waals surface area contributed by atoms with Gasteiger partial charge in [-0.1, -0.05) is 0 Å². The summed E-state index contributed by atoms with van der Waals surface area (Å²) in [6, 6.07) is 5.09. The van der Waals surface area contributed by atoms with Crippen LogP contribution in [0.2, 0.25) is 0 Å². The molecule has 0 saturated carbocycles. The number of nitriles is 1. The van der Waals surface area contributed by atoms with Gasteiger partial charge >= 0.3 is 17.4 Å². The lowest BCUT2D eigenvalue weighted by atomic mass is 10.2. The number of rotatable bonds is 8. The first-order valence-corrected chi connectivity index (χ1v) is 9.56. The topological polar surface area (TPSA) is 187 Å². The van der Waals surface area contributed by atoms with Gasteiger partial charge in [0.25, 0.3) is 5.88 Å². The van der Waals surface area contributed by atoms with Crippen LogP contribution in [0.1, 0.15) is 18.9 Å². The number of thioether (sulfide) groups is 1. The van der Waals surface area contributed by atoms with Gasteiger partial charge in [-0.15, -0.1) is 11.8 Å². The third-order valence-electron chi connectivity index (χ3n) is 3.72. The highest BCUT2D eigenvalue weighted by Gasteiger charge is 2.40. The molecule has 13 nitrogen and oxygen atoms in total. The van der Waals surface area contributed by atoms with E-state index in [-0.39, 0.29) is 17.9 Å². The molecule has 14 heteroatoms. The molecule has 0 fully saturated rings. The van der Waals surface area contributed by atoms with Crippen LogP contribution in [-0.2, 0) is 9.53 Å². The maximum atomic E-state index is 11.9. The number of nitro groups is 2. The Kier molecular flexibility index (Phi) is 7.28. The Bertz CT molecular complexity index is 987. The van der Waals surface area contributed by atoms with Crippen molar-refractivity contribution in [3.63, 3.8) is 0 Å². The van der Waals surface area contributed by atoms with E-state index in [0.717, 1.165) is 28.9 Å². The Morgan fingerprint density at radius 1 is 1.40 bits per heavy atom. The molecule has 1 unspecified atom stereocenters. The van der Waals surface area contributed by atoms with Gasteiger partial charge in [-0.05, 0) is 19.2 Å². The lowest BCUT2D eigenvalue weighted by Gasteiger charge is -2.29. The summed E-state index contributed by atoms with van der Waals surface area (Å²) in [6.07, 6.45) is 1.09. The minimum atomic E-state index is -0.911. The number of benzene rings is 1. The van der Waals surface area contributed by atoms with E-state index in [9.17, 15) is 25.0 Å². The Morgan fingerprint density at radius 3 is 2.63 bits per heavy atom. The maximum Gasteiger partial charge on any atom is 0.352 e. The molecule has 0 saturated heterocycles. The molecule has 2 rings (SSSR count). The summed E-state index contributed by atoms with van der Waals surface area (Å²) in [5.41, 5.74) is -2.42. The van der Waals surface area contributed by atoms with E-state index in [1.807, 2.05) is 0 Å². The number of nitro benzene ring substituents is 1. The quantitative estimate of drug-likeness (QED) is 0.269. The molecule has 0 spiro atoms. The van der Waals surface area contributed by atoms with Gasteiger partial charge in [0.05, 0.1) is 34.5 Å². The highest BCUT2D eigenvalue weighted by molar-refractivity contribution is 7.99. The smallest absolute Gasteiger partial charge is 0.352 e. The van der Waals surface area contributed by atoms with E-state index in [0.29, 0.717) is 0 Å². The molecule has 1 heterocycles. The lowest BCUT2D eigenvalue weighted by Crippen LogP contribution is -2.45. The molecule has 0 amide bonds. The summed E-state index contributed by atoms with van der Waals surface area (Å²) in [6.45, 7) is 1.64. The van der Waals surface area contributed by atoms with Crippen LogP contribution in [0.4, 0.5) is 5.69 Å². The van der Waals surface area contributed by atoms with Crippen molar-refractivity contribution in [1.29, 1.82) is 5.26 Å². The number of hydrogen-bond donors (Lipinski definition) is 1. The molecule has 1 aromatic carbocycles. The normalized spacial score (nSPS) is 15.9. The van der Waals surface area contributed by atoms with Gasteiger partial charge < -0.3 is 9.47 Å². The standard InChI is InChI=1S/C16H16N6O7S/c1-3-28-13(23)7-10-14(22(26)27)15(20(18)16(19-10)30-2)29-12-6-9(8-17)4-5-11(12)21(24)25/h4-6,16H,3,7,18H2,1-2H3. The average molecular weight is 436 g/mol. The van der Waals surface area contributed by atoms with Crippen molar-refractivity contribution in [3.05, 3.63) is 55.6 Å². The van der Waals surface area contributed by atoms with Crippen LogP contribution in [0.5, 0.6) is 5.75 Å². The first kappa shape index (κ1) is 22.6. The molecule has 158 valence electrons. The fourth-order valence-corrected chi connectivity index (χ4v) is 3.01. The van der Waals surface area contributed by atoms with Crippen LogP contribution in [0.3, 0.4) is 0 Å². The first-order chi connectivity index (χ1) is 14.2. The first-order valence-electron chi connectivity index (χ1n) is 8.27. The van der Waals surface area contributed by atoms with Crippen molar-refractivity contribution in [2.24, 2.45) is 10.8 Å². The zero-order valence-corrected chi connectivity index (χ0v) is 16.6. The number of carbonyl (C=O) groups excluding carboxylic acids is 1. The third-order valence-corrected chi connectivity index (χ3v) is 4.47. The summed E-state index contributed by atoms with van der Waals surface area (Å²) in [4.78, 5) is 37.4. The fraction of sp³-hybridized carbons (Fsp3) is 0.312. The predicted molar refractivity (Wildman–Crippen MR) is 104 cm³/mol. The number of aliphatic imine (C=N–C) groups is 1. The number of allylic oxidation sites excluding steroid dienone is 1. The summed E-state index contributed by atoms with van der Waals surface area (Å²) < 4.78 is 10.3. The van der Waals surface area contributed by atoms with Gasteiger partial charge in [0.15, 0.2) is 5.50 Å². The van der Waals surface area contributed by atoms with Crippen LogP contribution in [0.15, 0.2) is 34.8 Å². The Hall–Kier alpha value is -3.70. The van der Waals surface area contributed by atoms with Crippen molar-refractivity contribution in [2.75, 3.05) is 12.9 Å². The van der Waals surface area contributed by atoms with Gasteiger partial charge in [-0.25, -0.2) is 15.8 Å². The number of nitrogens with two attached hydrogens (primary N) is 1. The largest absolute Gasteiger partial charge is 0.466 e. The molecular formula is C16H16N6O7S. The Morgan fingerprint density at radius 2 is 2.10 bits per heavy atom. The fourth-order valence-electron chi connectivity index (χ4n) is 2.45. The predicted octanol–water partition coefficient (Wildman–Crippen LogP) is 1.52. The van der Waals surface area contributed by atoms with Gasteiger partial charge in [0, 0.05) is 12.1 Å². The lowest BCUT2D eigenvalue weighted by molar-refractivity contribution is -0.419. The molecule has 1 aliphatic heterocycles. The van der Waals surface area contributed by atoms with Crippen molar-refractivity contribution in [1.82, 2.24) is 5.01 Å². The van der Waals surface area contributed by atoms with Crippen molar-refractivity contribution < 1.29 is 24.1 Å². The monoisotopic (exact) mass is 436 g/mol. The van der Waals surface area contributed by atoms with E-state index in [1.54, 1.807) is 19.2 Å². The van der Waals surface area contributed by atoms with Crippen LogP contribution in [-0.4, -0.2) is 44.9 Å². The second-order valence-corrected chi connectivity index (χ2v) is 6.48. The van der Waals surface area contributed by atoms with E-state index in [4.69, 9.17) is 20.6 Å². The molecule has 30 heavy (non-hydrogen) atoms. The number of carbonyl (C=O) groups is 1. The molecule has 1 aromatic rings. The van der Waals surface area contributed by atoms with Crippen molar-refractivity contribution >= 4 is 29.1 Å². The zero-order chi connectivity index (χ0) is 22.4. The van der Waals surface area contributed by atoms with Gasteiger partial charge in [0.1, 0.15) is 5.71 Å². The van der Waals surface area contributed by atoms with Crippen molar-refractivity contribution in [3.8, 4) is 11.8 Å². The van der Waals surface area contributed by atoms with E-state index >= 15 is 0 Å². The number of ether oxygens (including phenoxy) is 2. The molecule has 0 aromatic heterocycles. The molecule has 2 N–H and O–H groups in total. The van der Waals surface area contributed by atoms with Crippen LogP contribution < -0.4 is 10.6 Å². The number of hydrazine groups is 1. The van der Waals surface area contributed by atoms with Crippen LogP contribution in [0, 0.1) is 31.6 Å². The highest BCUT2D eigenvalue weighted by atomic mass is 32.2.